The van der Waals surface area contributed by atoms with Gasteiger partial charge in [0.1, 0.15) is 18.1 Å². The molecule has 4 rings (SSSR count). The molecule has 1 aromatic heterocycles. The molecule has 7 heteroatoms. The molecule has 4 aromatic rings. The number of aryl methyl sites for hydroxylation is 1. The third-order valence-electron chi connectivity index (χ3n) is 5.29. The van der Waals surface area contributed by atoms with Crippen molar-refractivity contribution in [2.24, 2.45) is 5.10 Å². The lowest BCUT2D eigenvalue weighted by atomic mass is 10.1. The van der Waals surface area contributed by atoms with Gasteiger partial charge in [-0.3, -0.25) is 9.89 Å². The molecule has 0 saturated heterocycles. The summed E-state index contributed by atoms with van der Waals surface area (Å²) in [5.74, 6) is 0.318. The highest BCUT2D eigenvalue weighted by molar-refractivity contribution is 5.94. The van der Waals surface area contributed by atoms with Gasteiger partial charge >= 0.3 is 0 Å². The number of aromatic amines is 1. The first-order chi connectivity index (χ1) is 16.5. The summed E-state index contributed by atoms with van der Waals surface area (Å²) in [4.78, 5) is 14.5. The molecule has 3 aromatic carbocycles. The highest BCUT2D eigenvalue weighted by Crippen LogP contribution is 2.29. The Hall–Kier alpha value is -4.39. The lowest BCUT2D eigenvalue weighted by Crippen LogP contribution is -2.18. The van der Waals surface area contributed by atoms with Crippen LogP contribution in [-0.2, 0) is 6.61 Å². The van der Waals surface area contributed by atoms with Gasteiger partial charge in [0.05, 0.1) is 11.9 Å². The zero-order chi connectivity index (χ0) is 23.9. The number of rotatable bonds is 8. The standard InChI is InChI=1S/C27H27N5O2/c1-19-8-10-21(11-9-19)18-34-26-7-5-4-6-23(26)24-16-25(30-29-24)27(33)31-28-17-20-12-14-22(15-13-20)32(2)3/h4-17H,18H2,1-3H3,(H,29,30)(H,31,33)/b28-17+. The number of nitrogens with one attached hydrogen (secondary N) is 2. The van der Waals surface area contributed by atoms with Gasteiger partial charge in [-0.2, -0.15) is 10.2 Å². The molecular weight excluding hydrogens is 426 g/mol. The van der Waals surface area contributed by atoms with E-state index in [0.717, 1.165) is 22.4 Å². The predicted molar refractivity (Wildman–Crippen MR) is 135 cm³/mol. The molecule has 0 aliphatic heterocycles. The highest BCUT2D eigenvalue weighted by Gasteiger charge is 2.14. The van der Waals surface area contributed by atoms with E-state index in [0.29, 0.717) is 23.7 Å². The number of carbonyl (C=O) groups excluding carboxylic acids is 1. The van der Waals surface area contributed by atoms with Gasteiger partial charge in [-0.1, -0.05) is 54.1 Å². The number of nitrogens with zero attached hydrogens (tertiary/aromatic N) is 3. The van der Waals surface area contributed by atoms with Crippen molar-refractivity contribution in [2.75, 3.05) is 19.0 Å². The van der Waals surface area contributed by atoms with Gasteiger partial charge in [0, 0.05) is 25.3 Å². The summed E-state index contributed by atoms with van der Waals surface area (Å²) >= 11 is 0. The van der Waals surface area contributed by atoms with Gasteiger partial charge in [0.25, 0.3) is 5.91 Å². The van der Waals surface area contributed by atoms with Crippen molar-refractivity contribution in [3.05, 3.63) is 101 Å². The molecule has 1 heterocycles. The molecule has 0 unspecified atom stereocenters. The monoisotopic (exact) mass is 453 g/mol. The van der Waals surface area contributed by atoms with Crippen molar-refractivity contribution < 1.29 is 9.53 Å². The van der Waals surface area contributed by atoms with Crippen molar-refractivity contribution in [1.82, 2.24) is 15.6 Å². The van der Waals surface area contributed by atoms with Crippen LogP contribution in [0.25, 0.3) is 11.3 Å². The topological polar surface area (TPSA) is 82.6 Å². The van der Waals surface area contributed by atoms with Crippen molar-refractivity contribution in [1.29, 1.82) is 0 Å². The van der Waals surface area contributed by atoms with E-state index >= 15 is 0 Å². The van der Waals surface area contributed by atoms with Crippen molar-refractivity contribution in [3.63, 3.8) is 0 Å². The third kappa shape index (κ3) is 5.69. The summed E-state index contributed by atoms with van der Waals surface area (Å²) in [5.41, 5.74) is 8.52. The summed E-state index contributed by atoms with van der Waals surface area (Å²) in [6.45, 7) is 2.50. The Morgan fingerprint density at radius 3 is 2.53 bits per heavy atom. The molecule has 1 amide bonds. The number of hydrogen-bond donors (Lipinski definition) is 2. The molecule has 172 valence electrons. The number of para-hydroxylation sites is 1. The van der Waals surface area contributed by atoms with Crippen LogP contribution in [0.1, 0.15) is 27.2 Å². The molecular formula is C27H27N5O2. The number of benzene rings is 3. The number of amides is 1. The Bertz CT molecular complexity index is 1280. The van der Waals surface area contributed by atoms with Crippen LogP contribution in [0.3, 0.4) is 0 Å². The largest absolute Gasteiger partial charge is 0.488 e. The van der Waals surface area contributed by atoms with Crippen LogP contribution in [0.15, 0.2) is 84.0 Å². The number of aromatic nitrogens is 2. The van der Waals surface area contributed by atoms with E-state index in [9.17, 15) is 4.79 Å². The molecule has 0 saturated carbocycles. The Morgan fingerprint density at radius 2 is 1.79 bits per heavy atom. The summed E-state index contributed by atoms with van der Waals surface area (Å²) in [6.07, 6.45) is 1.60. The maximum Gasteiger partial charge on any atom is 0.289 e. The van der Waals surface area contributed by atoms with Crippen LogP contribution in [-0.4, -0.2) is 36.4 Å². The van der Waals surface area contributed by atoms with Gasteiger partial charge in [0.2, 0.25) is 0 Å². The van der Waals surface area contributed by atoms with Crippen LogP contribution in [0.4, 0.5) is 5.69 Å². The Labute approximate surface area is 199 Å². The Balaban J connectivity index is 1.40. The average molecular weight is 454 g/mol. The minimum Gasteiger partial charge on any atom is -0.488 e. The number of H-pyrrole nitrogens is 1. The fraction of sp³-hybridized carbons (Fsp3) is 0.148. The average Bonchev–Trinajstić information content (AvgIpc) is 3.34. The van der Waals surface area contributed by atoms with Crippen molar-refractivity contribution in [2.45, 2.75) is 13.5 Å². The quantitative estimate of drug-likeness (QED) is 0.297. The summed E-state index contributed by atoms with van der Waals surface area (Å²) in [7, 11) is 3.97. The maximum absolute atomic E-state index is 12.5. The lowest BCUT2D eigenvalue weighted by molar-refractivity contribution is 0.0950. The fourth-order valence-corrected chi connectivity index (χ4v) is 3.31. The molecule has 2 N–H and O–H groups in total. The van der Waals surface area contributed by atoms with E-state index in [1.807, 2.05) is 79.7 Å². The molecule has 0 aliphatic carbocycles. The Morgan fingerprint density at radius 1 is 1.06 bits per heavy atom. The molecule has 0 aliphatic rings. The van der Waals surface area contributed by atoms with Crippen molar-refractivity contribution in [3.8, 4) is 17.0 Å². The van der Waals surface area contributed by atoms with E-state index in [-0.39, 0.29) is 5.91 Å². The normalized spacial score (nSPS) is 10.9. The van der Waals surface area contributed by atoms with E-state index in [2.05, 4.69) is 39.8 Å². The molecule has 7 nitrogen and oxygen atoms in total. The number of hydrazone groups is 1. The number of hydrogen-bond acceptors (Lipinski definition) is 5. The second kappa shape index (κ2) is 10.5. The van der Waals surface area contributed by atoms with Crippen LogP contribution < -0.4 is 15.1 Å². The zero-order valence-electron chi connectivity index (χ0n) is 19.4. The molecule has 34 heavy (non-hydrogen) atoms. The summed E-state index contributed by atoms with van der Waals surface area (Å²) < 4.78 is 6.04. The third-order valence-corrected chi connectivity index (χ3v) is 5.29. The van der Waals surface area contributed by atoms with Gasteiger partial charge < -0.3 is 9.64 Å². The maximum atomic E-state index is 12.5. The molecule has 0 radical (unpaired) electrons. The first-order valence-corrected chi connectivity index (χ1v) is 10.9. The van der Waals surface area contributed by atoms with Gasteiger partial charge in [-0.05, 0) is 48.4 Å². The van der Waals surface area contributed by atoms with Crippen LogP contribution in [0.5, 0.6) is 5.75 Å². The molecule has 0 spiro atoms. The fourth-order valence-electron chi connectivity index (χ4n) is 3.31. The highest BCUT2D eigenvalue weighted by atomic mass is 16.5. The molecule has 0 atom stereocenters. The minimum absolute atomic E-state index is 0.309. The smallest absolute Gasteiger partial charge is 0.289 e. The second-order valence-corrected chi connectivity index (χ2v) is 8.12. The first kappa shape index (κ1) is 22.8. The van der Waals surface area contributed by atoms with Gasteiger partial charge in [-0.25, -0.2) is 5.43 Å². The first-order valence-electron chi connectivity index (χ1n) is 10.9. The summed E-state index contributed by atoms with van der Waals surface area (Å²) in [5, 5.41) is 11.1. The van der Waals surface area contributed by atoms with Gasteiger partial charge in [-0.15, -0.1) is 0 Å². The van der Waals surface area contributed by atoms with Crippen LogP contribution >= 0.6 is 0 Å². The van der Waals surface area contributed by atoms with Gasteiger partial charge in [0.15, 0.2) is 0 Å². The number of carbonyl (C=O) groups is 1. The van der Waals surface area contributed by atoms with Crippen LogP contribution in [0.2, 0.25) is 0 Å². The summed E-state index contributed by atoms with van der Waals surface area (Å²) in [6, 6.07) is 25.4. The van der Waals surface area contributed by atoms with E-state index < -0.39 is 0 Å². The number of ether oxygens (including phenoxy) is 1. The zero-order valence-corrected chi connectivity index (χ0v) is 19.4. The Kier molecular flexibility index (Phi) is 7.03. The molecule has 0 bridgehead atoms. The predicted octanol–water partition coefficient (Wildman–Crippen LogP) is 4.79. The second-order valence-electron chi connectivity index (χ2n) is 8.12. The number of anilines is 1. The van der Waals surface area contributed by atoms with Crippen LogP contribution in [0, 0.1) is 6.92 Å². The van der Waals surface area contributed by atoms with E-state index in [1.54, 1.807) is 12.3 Å². The van der Waals surface area contributed by atoms with E-state index in [4.69, 9.17) is 4.74 Å². The SMILES string of the molecule is Cc1ccc(COc2ccccc2-c2cc(C(=O)N/N=C/c3ccc(N(C)C)cc3)[nH]n2)cc1. The van der Waals surface area contributed by atoms with Crippen molar-refractivity contribution >= 4 is 17.8 Å². The lowest BCUT2D eigenvalue weighted by Gasteiger charge is -2.11. The van der Waals surface area contributed by atoms with E-state index in [1.165, 1.54) is 5.56 Å². The molecule has 0 fully saturated rings. The minimum atomic E-state index is -0.377.